The van der Waals surface area contributed by atoms with E-state index in [0.717, 1.165) is 25.8 Å². The average molecular weight is 251 g/mol. The standard InChI is InChI=1S/C11H22N2O2.ClH/c1-9-10(5-3-7-12-9)13-11(14)6-4-8-15-2;/h9-10,12H,3-8H2,1-2H3,(H,13,14);1H. The van der Waals surface area contributed by atoms with Gasteiger partial charge in [-0.25, -0.2) is 0 Å². The number of hydrogen-bond acceptors (Lipinski definition) is 3. The highest BCUT2D eigenvalue weighted by Crippen LogP contribution is 2.08. The minimum atomic E-state index is 0. The minimum Gasteiger partial charge on any atom is -0.385 e. The van der Waals surface area contributed by atoms with Crippen molar-refractivity contribution in [2.45, 2.75) is 44.7 Å². The molecule has 1 fully saturated rings. The van der Waals surface area contributed by atoms with Gasteiger partial charge < -0.3 is 15.4 Å². The highest BCUT2D eigenvalue weighted by Gasteiger charge is 2.21. The summed E-state index contributed by atoms with van der Waals surface area (Å²) >= 11 is 0. The second-order valence-electron chi connectivity index (χ2n) is 4.16. The van der Waals surface area contributed by atoms with Crippen LogP contribution in [0.1, 0.15) is 32.6 Å². The van der Waals surface area contributed by atoms with Crippen molar-refractivity contribution in [3.63, 3.8) is 0 Å². The number of piperidine rings is 1. The van der Waals surface area contributed by atoms with E-state index in [0.29, 0.717) is 25.1 Å². The van der Waals surface area contributed by atoms with Crippen molar-refractivity contribution in [2.75, 3.05) is 20.3 Å². The fourth-order valence-electron chi connectivity index (χ4n) is 1.90. The lowest BCUT2D eigenvalue weighted by Gasteiger charge is -2.30. The fourth-order valence-corrected chi connectivity index (χ4v) is 1.90. The molecular formula is C11H23ClN2O2. The van der Waals surface area contributed by atoms with Gasteiger partial charge >= 0.3 is 0 Å². The molecule has 16 heavy (non-hydrogen) atoms. The monoisotopic (exact) mass is 250 g/mol. The van der Waals surface area contributed by atoms with Crippen LogP contribution in [-0.2, 0) is 9.53 Å². The van der Waals surface area contributed by atoms with Gasteiger partial charge in [-0.3, -0.25) is 4.79 Å². The highest BCUT2D eigenvalue weighted by molar-refractivity contribution is 5.85. The molecule has 1 aliphatic rings. The smallest absolute Gasteiger partial charge is 0.220 e. The zero-order chi connectivity index (χ0) is 11.1. The molecule has 0 radical (unpaired) electrons. The van der Waals surface area contributed by atoms with Crippen LogP contribution in [0.3, 0.4) is 0 Å². The molecule has 2 atom stereocenters. The quantitative estimate of drug-likeness (QED) is 0.719. The van der Waals surface area contributed by atoms with E-state index in [4.69, 9.17) is 4.74 Å². The van der Waals surface area contributed by atoms with E-state index in [2.05, 4.69) is 17.6 Å². The van der Waals surface area contributed by atoms with Crippen LogP contribution in [0.2, 0.25) is 0 Å². The van der Waals surface area contributed by atoms with Crippen LogP contribution in [0.4, 0.5) is 0 Å². The highest BCUT2D eigenvalue weighted by atomic mass is 35.5. The lowest BCUT2D eigenvalue weighted by atomic mass is 10.00. The van der Waals surface area contributed by atoms with Gasteiger partial charge in [-0.15, -0.1) is 12.4 Å². The van der Waals surface area contributed by atoms with E-state index in [-0.39, 0.29) is 18.3 Å². The van der Waals surface area contributed by atoms with Crippen molar-refractivity contribution >= 4 is 18.3 Å². The van der Waals surface area contributed by atoms with Crippen molar-refractivity contribution < 1.29 is 9.53 Å². The van der Waals surface area contributed by atoms with E-state index in [1.54, 1.807) is 7.11 Å². The minimum absolute atomic E-state index is 0. The Hall–Kier alpha value is -0.320. The summed E-state index contributed by atoms with van der Waals surface area (Å²) in [5.41, 5.74) is 0. The third-order valence-electron chi connectivity index (χ3n) is 2.86. The normalized spacial score (nSPS) is 24.6. The molecule has 0 aromatic rings. The number of halogens is 1. The summed E-state index contributed by atoms with van der Waals surface area (Å²) in [6.07, 6.45) is 3.60. The first-order valence-electron chi connectivity index (χ1n) is 5.75. The maximum Gasteiger partial charge on any atom is 0.220 e. The molecule has 0 saturated carbocycles. The van der Waals surface area contributed by atoms with Gasteiger partial charge in [0.2, 0.25) is 5.91 Å². The molecule has 96 valence electrons. The Morgan fingerprint density at radius 1 is 1.56 bits per heavy atom. The fraction of sp³-hybridized carbons (Fsp3) is 0.909. The Balaban J connectivity index is 0.00000225. The average Bonchev–Trinajstić information content (AvgIpc) is 2.22. The van der Waals surface area contributed by atoms with Crippen molar-refractivity contribution in [3.05, 3.63) is 0 Å². The summed E-state index contributed by atoms with van der Waals surface area (Å²) in [7, 11) is 1.66. The van der Waals surface area contributed by atoms with Gasteiger partial charge in [0.15, 0.2) is 0 Å². The van der Waals surface area contributed by atoms with Crippen molar-refractivity contribution in [2.24, 2.45) is 0 Å². The first-order chi connectivity index (χ1) is 7.24. The number of carbonyl (C=O) groups excluding carboxylic acids is 1. The largest absolute Gasteiger partial charge is 0.385 e. The number of carbonyl (C=O) groups is 1. The molecule has 1 rings (SSSR count). The molecule has 1 aliphatic heterocycles. The van der Waals surface area contributed by atoms with Gasteiger partial charge in [0, 0.05) is 32.2 Å². The van der Waals surface area contributed by atoms with Crippen LogP contribution >= 0.6 is 12.4 Å². The number of methoxy groups -OCH3 is 1. The molecule has 4 nitrogen and oxygen atoms in total. The van der Waals surface area contributed by atoms with Gasteiger partial charge in [0.1, 0.15) is 0 Å². The maximum absolute atomic E-state index is 11.5. The Labute approximate surface area is 104 Å². The lowest BCUT2D eigenvalue weighted by molar-refractivity contribution is -0.122. The number of ether oxygens (including phenoxy) is 1. The van der Waals surface area contributed by atoms with Crippen LogP contribution in [0.5, 0.6) is 0 Å². The Morgan fingerprint density at radius 3 is 2.94 bits per heavy atom. The molecule has 2 N–H and O–H groups in total. The van der Waals surface area contributed by atoms with Crippen molar-refractivity contribution in [1.82, 2.24) is 10.6 Å². The molecule has 0 spiro atoms. The Morgan fingerprint density at radius 2 is 2.31 bits per heavy atom. The molecule has 0 aromatic heterocycles. The van der Waals surface area contributed by atoms with E-state index in [9.17, 15) is 4.79 Å². The van der Waals surface area contributed by atoms with Gasteiger partial charge in [-0.05, 0) is 32.7 Å². The second-order valence-corrected chi connectivity index (χ2v) is 4.16. The Kier molecular flexibility index (Phi) is 8.61. The zero-order valence-corrected chi connectivity index (χ0v) is 10.9. The molecule has 0 bridgehead atoms. The summed E-state index contributed by atoms with van der Waals surface area (Å²) in [5.74, 6) is 0.146. The summed E-state index contributed by atoms with van der Waals surface area (Å²) < 4.78 is 4.91. The van der Waals surface area contributed by atoms with Crippen LogP contribution in [-0.4, -0.2) is 38.3 Å². The molecule has 1 amide bonds. The third kappa shape index (κ3) is 5.68. The molecule has 0 aromatic carbocycles. The van der Waals surface area contributed by atoms with Gasteiger partial charge in [-0.2, -0.15) is 0 Å². The van der Waals surface area contributed by atoms with Crippen molar-refractivity contribution in [1.29, 1.82) is 0 Å². The first kappa shape index (κ1) is 15.7. The predicted molar refractivity (Wildman–Crippen MR) is 67.0 cm³/mol. The van der Waals surface area contributed by atoms with Gasteiger partial charge in [0.05, 0.1) is 0 Å². The SMILES string of the molecule is COCCCC(=O)NC1CCCNC1C.Cl. The van der Waals surface area contributed by atoms with Gasteiger partial charge in [-0.1, -0.05) is 0 Å². The first-order valence-corrected chi connectivity index (χ1v) is 5.75. The summed E-state index contributed by atoms with van der Waals surface area (Å²) in [6.45, 7) is 3.85. The molecule has 0 aliphatic carbocycles. The van der Waals surface area contributed by atoms with Crippen LogP contribution in [0, 0.1) is 0 Å². The molecule has 1 heterocycles. The zero-order valence-electron chi connectivity index (χ0n) is 10.1. The van der Waals surface area contributed by atoms with E-state index < -0.39 is 0 Å². The maximum atomic E-state index is 11.5. The van der Waals surface area contributed by atoms with E-state index in [1.807, 2.05) is 0 Å². The summed E-state index contributed by atoms with van der Waals surface area (Å²) in [5, 5.41) is 6.44. The van der Waals surface area contributed by atoms with Crippen LogP contribution < -0.4 is 10.6 Å². The van der Waals surface area contributed by atoms with Crippen LogP contribution in [0.25, 0.3) is 0 Å². The summed E-state index contributed by atoms with van der Waals surface area (Å²) in [4.78, 5) is 11.5. The number of rotatable bonds is 5. The molecule has 2 unspecified atom stereocenters. The molecular weight excluding hydrogens is 228 g/mol. The molecule has 1 saturated heterocycles. The number of nitrogens with one attached hydrogen (secondary N) is 2. The third-order valence-corrected chi connectivity index (χ3v) is 2.86. The number of hydrogen-bond donors (Lipinski definition) is 2. The topological polar surface area (TPSA) is 50.4 Å². The predicted octanol–water partition coefficient (Wildman–Crippen LogP) is 1.09. The summed E-state index contributed by atoms with van der Waals surface area (Å²) in [6, 6.07) is 0.693. The second kappa shape index (κ2) is 8.79. The van der Waals surface area contributed by atoms with E-state index >= 15 is 0 Å². The Bertz CT molecular complexity index is 202. The van der Waals surface area contributed by atoms with Crippen molar-refractivity contribution in [3.8, 4) is 0 Å². The van der Waals surface area contributed by atoms with E-state index in [1.165, 1.54) is 0 Å². The lowest BCUT2D eigenvalue weighted by Crippen LogP contribution is -2.51. The van der Waals surface area contributed by atoms with Crippen LogP contribution in [0.15, 0.2) is 0 Å². The van der Waals surface area contributed by atoms with Gasteiger partial charge in [0.25, 0.3) is 0 Å². The molecule has 5 heteroatoms. The number of amides is 1.